The van der Waals surface area contributed by atoms with Crippen LogP contribution in [0.2, 0.25) is 0 Å². The van der Waals surface area contributed by atoms with Crippen molar-refractivity contribution >= 4 is 21.9 Å². The molecule has 0 saturated heterocycles. The van der Waals surface area contributed by atoms with Gasteiger partial charge in [0.2, 0.25) is 0 Å². The Morgan fingerprint density at radius 1 is 1.23 bits per heavy atom. The van der Waals surface area contributed by atoms with E-state index in [2.05, 4.69) is 15.9 Å². The highest BCUT2D eigenvalue weighted by molar-refractivity contribution is 9.10. The molecule has 11 heteroatoms. The van der Waals surface area contributed by atoms with Crippen LogP contribution < -0.4 is 11.2 Å². The number of benzene rings is 1. The van der Waals surface area contributed by atoms with Gasteiger partial charge >= 0.3 is 17.8 Å². The van der Waals surface area contributed by atoms with Gasteiger partial charge in [0.15, 0.2) is 0 Å². The summed E-state index contributed by atoms with van der Waals surface area (Å²) in [6.45, 7) is 1.55. The minimum atomic E-state index is -4.94. The summed E-state index contributed by atoms with van der Waals surface area (Å²) in [4.78, 5) is 36.2. The molecule has 0 N–H and O–H groups in total. The summed E-state index contributed by atoms with van der Waals surface area (Å²) in [6, 6.07) is 1.84. The van der Waals surface area contributed by atoms with Crippen LogP contribution in [0.25, 0.3) is 5.69 Å². The van der Waals surface area contributed by atoms with Crippen LogP contribution in [0.15, 0.2) is 32.3 Å². The van der Waals surface area contributed by atoms with E-state index in [-0.39, 0.29) is 31.8 Å². The molecule has 0 atom stereocenters. The van der Waals surface area contributed by atoms with E-state index in [1.165, 1.54) is 6.92 Å². The number of aromatic nitrogens is 2. The van der Waals surface area contributed by atoms with Gasteiger partial charge in [-0.2, -0.15) is 13.2 Å². The molecule has 0 aliphatic rings. The van der Waals surface area contributed by atoms with Crippen molar-refractivity contribution < 1.29 is 27.1 Å². The number of halogens is 5. The highest BCUT2D eigenvalue weighted by Crippen LogP contribution is 2.27. The Hall–Kier alpha value is -2.43. The third kappa shape index (κ3) is 3.57. The minimum absolute atomic E-state index is 0.00557. The fourth-order valence-electron chi connectivity index (χ4n) is 2.19. The number of carbonyl (C=O) groups excluding carboxylic acids is 1. The van der Waals surface area contributed by atoms with Gasteiger partial charge in [0.05, 0.1) is 17.9 Å². The third-order valence-corrected chi connectivity index (χ3v) is 4.04. The molecular formula is C15H11BrF4N2O4. The summed E-state index contributed by atoms with van der Waals surface area (Å²) in [7, 11) is 0.796. The maximum Gasteiger partial charge on any atom is 0.431 e. The Bertz CT molecular complexity index is 995. The van der Waals surface area contributed by atoms with Gasteiger partial charge in [0, 0.05) is 17.6 Å². The Balaban J connectivity index is 2.80. The van der Waals surface area contributed by atoms with Crippen LogP contribution in [0.4, 0.5) is 17.6 Å². The highest BCUT2D eigenvalue weighted by atomic mass is 79.9. The van der Waals surface area contributed by atoms with Crippen molar-refractivity contribution in [3.05, 3.63) is 60.6 Å². The number of hydrogen-bond donors (Lipinski definition) is 0. The van der Waals surface area contributed by atoms with Crippen molar-refractivity contribution in [2.45, 2.75) is 13.1 Å². The van der Waals surface area contributed by atoms with Crippen molar-refractivity contribution in [3.63, 3.8) is 0 Å². The van der Waals surface area contributed by atoms with E-state index in [0.717, 1.165) is 19.2 Å². The molecule has 6 nitrogen and oxygen atoms in total. The smallest absolute Gasteiger partial charge is 0.431 e. The molecule has 0 spiro atoms. The topological polar surface area (TPSA) is 70.3 Å². The molecule has 1 heterocycles. The summed E-state index contributed by atoms with van der Waals surface area (Å²) in [5.41, 5.74) is -5.16. The van der Waals surface area contributed by atoms with Crippen molar-refractivity contribution in [1.29, 1.82) is 0 Å². The average Bonchev–Trinajstić information content (AvgIpc) is 2.52. The number of esters is 1. The van der Waals surface area contributed by atoms with Crippen molar-refractivity contribution in [1.82, 2.24) is 9.13 Å². The van der Waals surface area contributed by atoms with Crippen molar-refractivity contribution in [3.8, 4) is 5.69 Å². The predicted octanol–water partition coefficient (Wildman–Crippen LogP) is 2.63. The summed E-state index contributed by atoms with van der Waals surface area (Å²) in [5.74, 6) is -1.96. The lowest BCUT2D eigenvalue weighted by Gasteiger charge is -2.15. The van der Waals surface area contributed by atoms with E-state index in [1.807, 2.05) is 0 Å². The predicted molar refractivity (Wildman–Crippen MR) is 85.9 cm³/mol. The van der Waals surface area contributed by atoms with Gasteiger partial charge in [-0.05, 0) is 35.0 Å². The lowest BCUT2D eigenvalue weighted by atomic mass is 10.2. The van der Waals surface area contributed by atoms with Crippen LogP contribution in [0, 0.1) is 5.82 Å². The molecule has 140 valence electrons. The number of ether oxygens (including phenoxy) is 1. The van der Waals surface area contributed by atoms with Gasteiger partial charge in [-0.1, -0.05) is 0 Å². The van der Waals surface area contributed by atoms with E-state index >= 15 is 0 Å². The van der Waals surface area contributed by atoms with Crippen LogP contribution >= 0.6 is 15.9 Å². The molecule has 0 saturated carbocycles. The molecule has 0 radical (unpaired) electrons. The van der Waals surface area contributed by atoms with E-state index < -0.39 is 40.6 Å². The second-order valence-corrected chi connectivity index (χ2v) is 5.90. The van der Waals surface area contributed by atoms with Gasteiger partial charge < -0.3 is 4.74 Å². The van der Waals surface area contributed by atoms with Gasteiger partial charge in [-0.15, -0.1) is 0 Å². The van der Waals surface area contributed by atoms with E-state index in [4.69, 9.17) is 4.74 Å². The number of rotatable bonds is 3. The quantitative estimate of drug-likeness (QED) is 0.545. The van der Waals surface area contributed by atoms with Gasteiger partial charge in [-0.3, -0.25) is 9.36 Å². The first-order valence-electron chi connectivity index (χ1n) is 7.05. The normalized spacial score (nSPS) is 11.5. The molecule has 1 aromatic carbocycles. The Labute approximate surface area is 151 Å². The number of carbonyl (C=O) groups is 1. The van der Waals surface area contributed by atoms with Gasteiger partial charge in [0.1, 0.15) is 11.5 Å². The second kappa shape index (κ2) is 7.06. The first-order valence-corrected chi connectivity index (χ1v) is 7.85. The lowest BCUT2D eigenvalue weighted by Crippen LogP contribution is -2.41. The maximum atomic E-state index is 14.3. The minimum Gasteiger partial charge on any atom is -0.462 e. The van der Waals surface area contributed by atoms with Crippen LogP contribution in [-0.2, 0) is 18.0 Å². The first-order chi connectivity index (χ1) is 12.0. The van der Waals surface area contributed by atoms with Crippen molar-refractivity contribution in [2.24, 2.45) is 7.05 Å². The summed E-state index contributed by atoms with van der Waals surface area (Å²) in [6.07, 6.45) is -4.94. The fraction of sp³-hybridized carbons (Fsp3) is 0.267. The summed E-state index contributed by atoms with van der Waals surface area (Å²) in [5, 5.41) is 0. The zero-order valence-electron chi connectivity index (χ0n) is 13.4. The Morgan fingerprint density at radius 3 is 2.38 bits per heavy atom. The fourth-order valence-corrected chi connectivity index (χ4v) is 2.67. The average molecular weight is 439 g/mol. The van der Waals surface area contributed by atoms with Crippen LogP contribution in [0.5, 0.6) is 0 Å². The first kappa shape index (κ1) is 19.9. The maximum absolute atomic E-state index is 14.3. The van der Waals surface area contributed by atoms with Crippen LogP contribution in [-0.4, -0.2) is 21.7 Å². The molecule has 0 aliphatic carbocycles. The number of nitrogens with zero attached hydrogens (tertiary/aromatic N) is 2. The lowest BCUT2D eigenvalue weighted by molar-refractivity contribution is -0.144. The molecule has 1 aromatic heterocycles. The Morgan fingerprint density at radius 2 is 1.85 bits per heavy atom. The van der Waals surface area contributed by atoms with Crippen LogP contribution in [0.3, 0.4) is 0 Å². The highest BCUT2D eigenvalue weighted by Gasteiger charge is 2.35. The molecular weight excluding hydrogens is 428 g/mol. The molecule has 0 unspecified atom stereocenters. The van der Waals surface area contributed by atoms with Crippen molar-refractivity contribution in [2.75, 3.05) is 6.61 Å². The molecule has 0 amide bonds. The molecule has 0 aliphatic heterocycles. The number of alkyl halides is 3. The molecule has 0 bridgehead atoms. The third-order valence-electron chi connectivity index (χ3n) is 3.38. The Kier molecular flexibility index (Phi) is 5.40. The van der Waals surface area contributed by atoms with E-state index in [1.54, 1.807) is 0 Å². The van der Waals surface area contributed by atoms with Crippen LogP contribution in [0.1, 0.15) is 23.0 Å². The zero-order valence-corrected chi connectivity index (χ0v) is 14.9. The SMILES string of the molecule is CCOC(=O)c1cc(-n2c(=O)cc(C(F)(F)F)n(C)c2=O)c(F)cc1Br. The molecule has 26 heavy (non-hydrogen) atoms. The summed E-state index contributed by atoms with van der Waals surface area (Å²) < 4.78 is 58.1. The zero-order chi connectivity index (χ0) is 19.8. The number of hydrogen-bond acceptors (Lipinski definition) is 4. The van der Waals surface area contributed by atoms with E-state index in [0.29, 0.717) is 0 Å². The van der Waals surface area contributed by atoms with Gasteiger partial charge in [-0.25, -0.2) is 18.5 Å². The molecule has 2 rings (SSSR count). The molecule has 2 aromatic rings. The monoisotopic (exact) mass is 438 g/mol. The second-order valence-electron chi connectivity index (χ2n) is 5.05. The standard InChI is InChI=1S/C15H11BrF4N2O4/c1-3-26-13(24)7-4-10(9(17)5-8(7)16)22-12(23)6-11(15(18,19)20)21(2)14(22)25/h4-6H,3H2,1-2H3. The molecule has 0 fully saturated rings. The van der Waals surface area contributed by atoms with Gasteiger partial charge in [0.25, 0.3) is 5.56 Å². The summed E-state index contributed by atoms with van der Waals surface area (Å²) >= 11 is 2.95. The largest absolute Gasteiger partial charge is 0.462 e. The van der Waals surface area contributed by atoms with E-state index in [9.17, 15) is 31.9 Å².